The highest BCUT2D eigenvalue weighted by Crippen LogP contribution is 2.35. The molecule has 0 amide bonds. The molecule has 0 radical (unpaired) electrons. The van der Waals surface area contributed by atoms with Crippen LogP contribution in [0.1, 0.15) is 11.1 Å². The monoisotopic (exact) mass is 308 g/mol. The molecule has 2 aromatic rings. The number of hydrogen-bond acceptors (Lipinski definition) is 5. The van der Waals surface area contributed by atoms with E-state index in [-0.39, 0.29) is 11.4 Å². The lowest BCUT2D eigenvalue weighted by Gasteiger charge is -2.18. The molecule has 2 rings (SSSR count). The Kier molecular flexibility index (Phi) is 4.96. The third kappa shape index (κ3) is 3.80. The van der Waals surface area contributed by atoms with Gasteiger partial charge in [0.25, 0.3) is 0 Å². The molecule has 0 aliphatic rings. The van der Waals surface area contributed by atoms with Crippen LogP contribution in [0.25, 0.3) is 0 Å². The predicted molar refractivity (Wildman–Crippen MR) is 78.0 cm³/mol. The Morgan fingerprint density at radius 1 is 0.810 bits per heavy atom. The number of benzene rings is 2. The first-order chi connectivity index (χ1) is 9.88. The van der Waals surface area contributed by atoms with E-state index < -0.39 is 10.5 Å². The highest BCUT2D eigenvalue weighted by Gasteiger charge is 2.16. The van der Waals surface area contributed by atoms with Crippen LogP contribution in [0.5, 0.6) is 0 Å². The van der Waals surface area contributed by atoms with Crippen molar-refractivity contribution in [3.8, 4) is 0 Å². The van der Waals surface area contributed by atoms with Gasteiger partial charge in [0.2, 0.25) is 0 Å². The fourth-order valence-electron chi connectivity index (χ4n) is 1.92. The summed E-state index contributed by atoms with van der Waals surface area (Å²) in [5.41, 5.74) is 2.05. The Morgan fingerprint density at radius 3 is 1.52 bits per heavy atom. The fraction of sp³-hybridized carbons (Fsp3) is 0.143. The Morgan fingerprint density at radius 2 is 1.19 bits per heavy atom. The largest absolute Gasteiger partial charge is 0.595 e. The quantitative estimate of drug-likeness (QED) is 0.638. The number of aryl methyl sites for hydroxylation is 2. The fourth-order valence-corrected chi connectivity index (χ4v) is 2.94. The van der Waals surface area contributed by atoms with Gasteiger partial charge in [-0.25, -0.2) is 10.4 Å². The van der Waals surface area contributed by atoms with Crippen LogP contribution in [0, 0.1) is 24.3 Å². The predicted octanol–water partition coefficient (Wildman–Crippen LogP) is 1.26. The molecule has 2 aromatic carbocycles. The average molecular weight is 308 g/mol. The summed E-state index contributed by atoms with van der Waals surface area (Å²) in [5, 5.41) is 39.1. The zero-order valence-corrected chi connectivity index (χ0v) is 12.4. The molecule has 2 atom stereocenters. The third-order valence-electron chi connectivity index (χ3n) is 2.95. The minimum absolute atomic E-state index is 0.178. The zero-order valence-electron chi connectivity index (χ0n) is 11.6. The van der Waals surface area contributed by atoms with Gasteiger partial charge in [-0.3, -0.25) is 0 Å². The van der Waals surface area contributed by atoms with E-state index >= 15 is 0 Å². The molecule has 112 valence electrons. The summed E-state index contributed by atoms with van der Waals surface area (Å²) >= 11 is 1.15. The van der Waals surface area contributed by atoms with E-state index in [9.17, 15) is 20.8 Å². The van der Waals surface area contributed by atoms with E-state index in [4.69, 9.17) is 0 Å². The normalized spacial score (nSPS) is 14.0. The molecule has 0 bridgehead atoms. The number of rotatable bonds is 4. The Labute approximate surface area is 126 Å². The maximum Gasteiger partial charge on any atom is 0.178 e. The number of nitrogens with one attached hydrogen (secondary N) is 2. The molecule has 2 unspecified atom stereocenters. The van der Waals surface area contributed by atoms with Crippen molar-refractivity contribution in [2.24, 2.45) is 0 Å². The molecule has 0 aliphatic heterocycles. The summed E-state index contributed by atoms with van der Waals surface area (Å²) in [5.74, 6) is 0. The first-order valence-electron chi connectivity index (χ1n) is 6.24. The van der Waals surface area contributed by atoms with Gasteiger partial charge in [0.05, 0.1) is 9.79 Å². The van der Waals surface area contributed by atoms with Crippen LogP contribution in [-0.2, 0) is 0 Å². The molecule has 21 heavy (non-hydrogen) atoms. The standard InChI is InChI=1S/C14H16N2O4S/c1-9-3-5-13(11(7-9)15(17)18)21-14-6-4-10(2)8-12(14)16(19)20/h3-8,15-17,19H,1-2H3. The van der Waals surface area contributed by atoms with Crippen LogP contribution in [0.3, 0.4) is 0 Å². The van der Waals surface area contributed by atoms with E-state index in [1.165, 1.54) is 0 Å². The molecule has 7 heteroatoms. The maximum absolute atomic E-state index is 11.3. The molecule has 0 aromatic heterocycles. The second-order valence-electron chi connectivity index (χ2n) is 4.71. The third-order valence-corrected chi connectivity index (χ3v) is 4.10. The smallest absolute Gasteiger partial charge is 0.178 e. The van der Waals surface area contributed by atoms with Gasteiger partial charge in [-0.05, 0) is 37.1 Å². The summed E-state index contributed by atoms with van der Waals surface area (Å²) in [7, 11) is 0. The Balaban J connectivity index is 2.43. The van der Waals surface area contributed by atoms with Gasteiger partial charge < -0.3 is 10.4 Å². The Bertz CT molecular complexity index is 591. The first kappa shape index (κ1) is 15.9. The maximum atomic E-state index is 11.3. The van der Waals surface area contributed by atoms with Crippen LogP contribution in [0.2, 0.25) is 0 Å². The lowest BCUT2D eigenvalue weighted by atomic mass is 10.2. The topological polar surface area (TPSA) is 95.5 Å². The molecule has 6 nitrogen and oxygen atoms in total. The minimum atomic E-state index is -1.02. The summed E-state index contributed by atoms with van der Waals surface area (Å²) < 4.78 is 0. The minimum Gasteiger partial charge on any atom is -0.595 e. The second-order valence-corrected chi connectivity index (χ2v) is 5.80. The van der Waals surface area contributed by atoms with Crippen LogP contribution in [0.15, 0.2) is 46.2 Å². The van der Waals surface area contributed by atoms with E-state index in [0.717, 1.165) is 22.9 Å². The lowest BCUT2D eigenvalue weighted by molar-refractivity contribution is -0.992. The number of hydrogen-bond donors (Lipinski definition) is 4. The summed E-state index contributed by atoms with van der Waals surface area (Å²) in [6.07, 6.45) is 0. The summed E-state index contributed by atoms with van der Waals surface area (Å²) in [6, 6.07) is 10.2. The van der Waals surface area contributed by atoms with Gasteiger partial charge in [0.15, 0.2) is 11.4 Å². The molecule has 0 heterocycles. The van der Waals surface area contributed by atoms with E-state index in [1.807, 2.05) is 26.0 Å². The number of quaternary nitrogens is 2. The zero-order chi connectivity index (χ0) is 15.6. The molecule has 0 saturated carbocycles. The van der Waals surface area contributed by atoms with Crippen molar-refractivity contribution < 1.29 is 20.9 Å². The summed E-state index contributed by atoms with van der Waals surface area (Å²) in [6.45, 7) is 3.63. The van der Waals surface area contributed by atoms with Crippen LogP contribution >= 0.6 is 11.8 Å². The molecule has 0 saturated heterocycles. The van der Waals surface area contributed by atoms with Gasteiger partial charge in [-0.2, -0.15) is 10.5 Å². The molecular formula is C14H16N2O4S. The van der Waals surface area contributed by atoms with Crippen molar-refractivity contribution in [3.63, 3.8) is 0 Å². The first-order valence-corrected chi connectivity index (χ1v) is 7.06. The van der Waals surface area contributed by atoms with Crippen molar-refractivity contribution in [3.05, 3.63) is 57.9 Å². The van der Waals surface area contributed by atoms with E-state index in [2.05, 4.69) is 0 Å². The van der Waals surface area contributed by atoms with Crippen LogP contribution < -0.4 is 10.5 Å². The molecule has 0 aliphatic carbocycles. The van der Waals surface area contributed by atoms with Crippen molar-refractivity contribution in [1.29, 1.82) is 0 Å². The van der Waals surface area contributed by atoms with E-state index in [0.29, 0.717) is 9.79 Å². The average Bonchev–Trinajstić information content (AvgIpc) is 2.42. The van der Waals surface area contributed by atoms with Gasteiger partial charge in [-0.1, -0.05) is 23.9 Å². The SMILES string of the molecule is Cc1ccc(Sc2ccc(C)cc2[NH+]([O-])O)c([NH+]([O-])O)c1. The van der Waals surface area contributed by atoms with Crippen molar-refractivity contribution in [2.75, 3.05) is 0 Å². The molecule has 0 fully saturated rings. The van der Waals surface area contributed by atoms with Gasteiger partial charge in [0, 0.05) is 12.1 Å². The highest BCUT2D eigenvalue weighted by molar-refractivity contribution is 7.99. The molecule has 0 spiro atoms. The van der Waals surface area contributed by atoms with E-state index in [1.54, 1.807) is 24.3 Å². The molecule has 4 N–H and O–H groups in total. The van der Waals surface area contributed by atoms with Crippen LogP contribution in [-0.4, -0.2) is 10.4 Å². The van der Waals surface area contributed by atoms with Gasteiger partial charge in [0.1, 0.15) is 0 Å². The Hall–Kier alpha value is -1.45. The van der Waals surface area contributed by atoms with Gasteiger partial charge in [-0.15, -0.1) is 0 Å². The van der Waals surface area contributed by atoms with Gasteiger partial charge >= 0.3 is 0 Å². The molecular weight excluding hydrogens is 292 g/mol. The lowest BCUT2D eigenvalue weighted by Crippen LogP contribution is -2.99. The van der Waals surface area contributed by atoms with Crippen molar-refractivity contribution in [1.82, 2.24) is 0 Å². The van der Waals surface area contributed by atoms with Crippen LogP contribution in [0.4, 0.5) is 11.4 Å². The van der Waals surface area contributed by atoms with Crippen molar-refractivity contribution in [2.45, 2.75) is 23.6 Å². The van der Waals surface area contributed by atoms with Crippen molar-refractivity contribution >= 4 is 23.1 Å². The summed E-state index contributed by atoms with van der Waals surface area (Å²) in [4.78, 5) is 1.05. The second kappa shape index (κ2) is 6.54. The highest BCUT2D eigenvalue weighted by atomic mass is 32.2.